The summed E-state index contributed by atoms with van der Waals surface area (Å²) in [6.07, 6.45) is 3.72. The number of Topliss-reactive ketones (excluding diaryl/α,β-unsaturated/α-hetero) is 1. The maximum atomic E-state index is 12.1. The van der Waals surface area contributed by atoms with Crippen LogP contribution in [0.25, 0.3) is 0 Å². The number of ether oxygens (including phenoxy) is 2. The Kier molecular flexibility index (Phi) is 6.64. The van der Waals surface area contributed by atoms with Crippen molar-refractivity contribution in [3.8, 4) is 0 Å². The van der Waals surface area contributed by atoms with E-state index >= 15 is 0 Å². The van der Waals surface area contributed by atoms with Gasteiger partial charge in [0.2, 0.25) is 0 Å². The quantitative estimate of drug-likeness (QED) is 0.612. The molecule has 5 nitrogen and oxygen atoms in total. The summed E-state index contributed by atoms with van der Waals surface area (Å²) in [7, 11) is 5.23. The van der Waals surface area contributed by atoms with Gasteiger partial charge in [0, 0.05) is 52.3 Å². The van der Waals surface area contributed by atoms with Crippen LogP contribution in [0, 0.1) is 0 Å². The van der Waals surface area contributed by atoms with E-state index in [2.05, 4.69) is 0 Å². The highest BCUT2D eigenvalue weighted by Crippen LogP contribution is 2.03. The second-order valence-electron chi connectivity index (χ2n) is 4.25. The molecule has 0 aliphatic carbocycles. The summed E-state index contributed by atoms with van der Waals surface area (Å²) in [6.45, 7) is 3.10. The van der Waals surface area contributed by atoms with Crippen LogP contribution in [0.1, 0.15) is 10.4 Å². The zero-order chi connectivity index (χ0) is 13.4. The molecule has 18 heavy (non-hydrogen) atoms. The molecule has 0 aliphatic rings. The molecule has 0 amide bonds. The van der Waals surface area contributed by atoms with Gasteiger partial charge in [-0.15, -0.1) is 0 Å². The maximum absolute atomic E-state index is 12.1. The highest BCUT2D eigenvalue weighted by molar-refractivity contribution is 5.97. The van der Waals surface area contributed by atoms with Crippen LogP contribution in [0.5, 0.6) is 0 Å². The second-order valence-corrected chi connectivity index (χ2v) is 4.25. The van der Waals surface area contributed by atoms with Gasteiger partial charge in [0.15, 0.2) is 5.78 Å². The number of aryl methyl sites for hydroxylation is 1. The molecule has 0 fully saturated rings. The first kappa shape index (κ1) is 14.9. The van der Waals surface area contributed by atoms with E-state index in [1.807, 2.05) is 35.0 Å². The molecule has 1 aromatic rings. The Labute approximate surface area is 108 Å². The molecular formula is C13H22N2O3. The molecule has 0 N–H and O–H groups in total. The van der Waals surface area contributed by atoms with Gasteiger partial charge in [0.1, 0.15) is 0 Å². The van der Waals surface area contributed by atoms with Crippen molar-refractivity contribution in [2.45, 2.75) is 0 Å². The number of carbonyl (C=O) groups excluding carboxylic acids is 1. The van der Waals surface area contributed by atoms with Crippen LogP contribution in [0.15, 0.2) is 18.5 Å². The lowest BCUT2D eigenvalue weighted by molar-refractivity contribution is 0.0837. The average Bonchev–Trinajstić information content (AvgIpc) is 2.79. The first-order valence-electron chi connectivity index (χ1n) is 6.02. The van der Waals surface area contributed by atoms with Crippen LogP contribution >= 0.6 is 0 Å². The van der Waals surface area contributed by atoms with E-state index in [0.29, 0.717) is 19.8 Å². The van der Waals surface area contributed by atoms with E-state index in [1.165, 1.54) is 0 Å². The molecular weight excluding hydrogens is 232 g/mol. The van der Waals surface area contributed by atoms with Gasteiger partial charge in [-0.05, 0) is 6.07 Å². The SMILES string of the molecule is COCCN(CCOC)CC(=O)c1ccn(C)c1. The zero-order valence-corrected chi connectivity index (χ0v) is 11.4. The molecule has 1 rings (SSSR count). The van der Waals surface area contributed by atoms with Crippen molar-refractivity contribution in [2.24, 2.45) is 7.05 Å². The van der Waals surface area contributed by atoms with Crippen molar-refractivity contribution < 1.29 is 14.3 Å². The second kappa shape index (κ2) is 8.02. The molecule has 1 heterocycles. The molecule has 0 aromatic carbocycles. The van der Waals surface area contributed by atoms with Gasteiger partial charge in [-0.25, -0.2) is 0 Å². The highest BCUT2D eigenvalue weighted by atomic mass is 16.5. The number of rotatable bonds is 9. The topological polar surface area (TPSA) is 43.7 Å². The van der Waals surface area contributed by atoms with Crippen LogP contribution in [0.4, 0.5) is 0 Å². The molecule has 0 aliphatic heterocycles. The Hall–Kier alpha value is -1.17. The molecule has 0 saturated carbocycles. The molecule has 0 saturated heterocycles. The fraction of sp³-hybridized carbons (Fsp3) is 0.615. The third-order valence-corrected chi connectivity index (χ3v) is 2.74. The van der Waals surface area contributed by atoms with Crippen LogP contribution in [0.3, 0.4) is 0 Å². The van der Waals surface area contributed by atoms with Crippen LogP contribution in [-0.4, -0.2) is 62.3 Å². The molecule has 0 unspecified atom stereocenters. The molecule has 0 atom stereocenters. The largest absolute Gasteiger partial charge is 0.383 e. The van der Waals surface area contributed by atoms with Crippen molar-refractivity contribution in [1.29, 1.82) is 0 Å². The van der Waals surface area contributed by atoms with E-state index in [0.717, 1.165) is 18.7 Å². The molecule has 0 radical (unpaired) electrons. The molecule has 102 valence electrons. The minimum absolute atomic E-state index is 0.128. The zero-order valence-electron chi connectivity index (χ0n) is 11.4. The Bertz CT molecular complexity index is 355. The van der Waals surface area contributed by atoms with Crippen LogP contribution in [-0.2, 0) is 16.5 Å². The lowest BCUT2D eigenvalue weighted by Crippen LogP contribution is -2.35. The summed E-state index contributed by atoms with van der Waals surface area (Å²) in [5.41, 5.74) is 0.748. The minimum atomic E-state index is 0.128. The standard InChI is InChI=1S/C13H22N2O3/c1-14-5-4-12(10-14)13(16)11-15(6-8-17-2)7-9-18-3/h4-5,10H,6-9,11H2,1-3H3. The summed E-state index contributed by atoms with van der Waals surface area (Å²) in [5, 5.41) is 0. The third-order valence-electron chi connectivity index (χ3n) is 2.74. The fourth-order valence-electron chi connectivity index (χ4n) is 1.67. The Morgan fingerprint density at radius 3 is 2.33 bits per heavy atom. The molecule has 0 spiro atoms. The minimum Gasteiger partial charge on any atom is -0.383 e. The van der Waals surface area contributed by atoms with Gasteiger partial charge >= 0.3 is 0 Å². The van der Waals surface area contributed by atoms with Crippen molar-refractivity contribution >= 4 is 5.78 Å². The van der Waals surface area contributed by atoms with Gasteiger partial charge in [-0.3, -0.25) is 9.69 Å². The summed E-state index contributed by atoms with van der Waals surface area (Å²) in [4.78, 5) is 14.1. The Balaban J connectivity index is 2.50. The summed E-state index contributed by atoms with van der Waals surface area (Å²) >= 11 is 0. The Morgan fingerprint density at radius 1 is 1.28 bits per heavy atom. The van der Waals surface area contributed by atoms with Crippen molar-refractivity contribution in [2.75, 3.05) is 47.1 Å². The maximum Gasteiger partial charge on any atom is 0.178 e. The number of methoxy groups -OCH3 is 2. The fourth-order valence-corrected chi connectivity index (χ4v) is 1.67. The number of ketones is 1. The van der Waals surface area contributed by atoms with Crippen LogP contribution < -0.4 is 0 Å². The third kappa shape index (κ3) is 5.00. The van der Waals surface area contributed by atoms with E-state index < -0.39 is 0 Å². The lowest BCUT2D eigenvalue weighted by Gasteiger charge is -2.20. The van der Waals surface area contributed by atoms with Gasteiger partial charge in [-0.2, -0.15) is 0 Å². The average molecular weight is 254 g/mol. The first-order chi connectivity index (χ1) is 8.67. The van der Waals surface area contributed by atoms with Crippen LogP contribution in [0.2, 0.25) is 0 Å². The highest BCUT2D eigenvalue weighted by Gasteiger charge is 2.13. The van der Waals surface area contributed by atoms with Crippen molar-refractivity contribution in [3.05, 3.63) is 24.0 Å². The van der Waals surface area contributed by atoms with Crippen molar-refractivity contribution in [3.63, 3.8) is 0 Å². The summed E-state index contributed by atoms with van der Waals surface area (Å²) < 4.78 is 12.0. The van der Waals surface area contributed by atoms with E-state index in [9.17, 15) is 4.79 Å². The number of hydrogen-bond acceptors (Lipinski definition) is 4. The summed E-state index contributed by atoms with van der Waals surface area (Å²) in [5.74, 6) is 0.128. The van der Waals surface area contributed by atoms with Gasteiger partial charge in [-0.1, -0.05) is 0 Å². The number of hydrogen-bond donors (Lipinski definition) is 0. The normalized spacial score (nSPS) is 11.1. The van der Waals surface area contributed by atoms with E-state index in [4.69, 9.17) is 9.47 Å². The monoisotopic (exact) mass is 254 g/mol. The predicted octanol–water partition coefficient (Wildman–Crippen LogP) is 0.803. The van der Waals surface area contributed by atoms with Gasteiger partial charge < -0.3 is 14.0 Å². The van der Waals surface area contributed by atoms with Crippen molar-refractivity contribution in [1.82, 2.24) is 9.47 Å². The summed E-state index contributed by atoms with van der Waals surface area (Å²) in [6, 6.07) is 1.84. The predicted molar refractivity (Wildman–Crippen MR) is 69.9 cm³/mol. The first-order valence-corrected chi connectivity index (χ1v) is 6.02. The molecule has 1 aromatic heterocycles. The molecule has 0 bridgehead atoms. The lowest BCUT2D eigenvalue weighted by atomic mass is 10.2. The Morgan fingerprint density at radius 2 is 1.89 bits per heavy atom. The number of aromatic nitrogens is 1. The van der Waals surface area contributed by atoms with E-state index in [-0.39, 0.29) is 5.78 Å². The van der Waals surface area contributed by atoms with Gasteiger partial charge in [0.05, 0.1) is 19.8 Å². The number of carbonyl (C=O) groups is 1. The smallest absolute Gasteiger partial charge is 0.178 e. The number of nitrogens with zero attached hydrogens (tertiary/aromatic N) is 2. The van der Waals surface area contributed by atoms with E-state index in [1.54, 1.807) is 14.2 Å². The molecule has 5 heteroatoms. The van der Waals surface area contributed by atoms with Gasteiger partial charge in [0.25, 0.3) is 0 Å².